The number of piperidine rings is 1. The van der Waals surface area contributed by atoms with E-state index in [4.69, 9.17) is 33.9 Å². The Bertz CT molecular complexity index is 3070. The lowest BCUT2D eigenvalue weighted by Gasteiger charge is -2.40. The number of sulfonamides is 1. The summed E-state index contributed by atoms with van der Waals surface area (Å²) in [6, 6.07) is 45.0. The second-order valence-corrected chi connectivity index (χ2v) is 22.5. The Morgan fingerprint density at radius 2 is 1.28 bits per heavy atom. The molecular weight excluding hydrogens is 979 g/mol. The van der Waals surface area contributed by atoms with E-state index < -0.39 is 15.6 Å². The quantitative estimate of drug-likeness (QED) is 0.0630. The number of carbonyl (C=O) groups excluding carboxylic acids is 1. The highest BCUT2D eigenvalue weighted by atomic mass is 32.2. The van der Waals surface area contributed by atoms with Crippen molar-refractivity contribution in [2.75, 3.05) is 60.7 Å². The molecule has 2 aliphatic heterocycles. The van der Waals surface area contributed by atoms with Gasteiger partial charge >= 0.3 is 6.09 Å². The van der Waals surface area contributed by atoms with Gasteiger partial charge in [0.15, 0.2) is 0 Å². The van der Waals surface area contributed by atoms with Gasteiger partial charge in [-0.1, -0.05) is 103 Å². The van der Waals surface area contributed by atoms with Gasteiger partial charge in [-0.15, -0.1) is 10.2 Å². The molecule has 7 aromatic rings. The summed E-state index contributed by atoms with van der Waals surface area (Å²) in [7, 11) is 0.441. The number of aromatic nitrogens is 4. The minimum absolute atomic E-state index is 0.0696. The van der Waals surface area contributed by atoms with E-state index >= 15 is 8.42 Å². The fourth-order valence-corrected chi connectivity index (χ4v) is 11.7. The molecule has 15 nitrogen and oxygen atoms in total. The zero-order valence-corrected chi connectivity index (χ0v) is 45.2. The molecule has 0 N–H and O–H groups in total. The van der Waals surface area contributed by atoms with Crippen LogP contribution in [0.3, 0.4) is 0 Å². The van der Waals surface area contributed by atoms with Crippen LogP contribution in [0.15, 0.2) is 144 Å². The number of methoxy groups -OCH3 is 3. The first kappa shape index (κ1) is 53.7. The number of likely N-dealkylation sites (tertiary alicyclic amines) is 2. The highest BCUT2D eigenvalue weighted by molar-refractivity contribution is 7.89. The van der Waals surface area contributed by atoms with E-state index in [0.29, 0.717) is 67.5 Å². The van der Waals surface area contributed by atoms with E-state index in [1.807, 2.05) is 136 Å². The first-order chi connectivity index (χ1) is 36.7. The van der Waals surface area contributed by atoms with Crippen molar-refractivity contribution in [3.63, 3.8) is 0 Å². The molecule has 2 aliphatic rings. The first-order valence-electron chi connectivity index (χ1n) is 26.0. The van der Waals surface area contributed by atoms with Crippen molar-refractivity contribution in [3.05, 3.63) is 173 Å². The Hall–Kier alpha value is -7.11. The minimum atomic E-state index is -4.41. The van der Waals surface area contributed by atoms with Gasteiger partial charge in [-0.25, -0.2) is 13.2 Å². The summed E-state index contributed by atoms with van der Waals surface area (Å²) in [6.07, 6.45) is 1.98. The predicted octanol–water partition coefficient (Wildman–Crippen LogP) is 10.3. The molecule has 0 radical (unpaired) electrons. The van der Waals surface area contributed by atoms with Crippen LogP contribution in [0.5, 0.6) is 17.2 Å². The van der Waals surface area contributed by atoms with Gasteiger partial charge in [0.2, 0.25) is 15.8 Å². The zero-order valence-electron chi connectivity index (χ0n) is 44.4. The second-order valence-electron chi connectivity index (χ2n) is 20.7. The molecule has 1 aromatic heterocycles. The summed E-state index contributed by atoms with van der Waals surface area (Å²) in [5, 5.41) is 14.2. The molecule has 76 heavy (non-hydrogen) atoms. The monoisotopic (exact) mass is 1050 g/mol. The Morgan fingerprint density at radius 3 is 1.84 bits per heavy atom. The maximum absolute atomic E-state index is 16.4. The van der Waals surface area contributed by atoms with Gasteiger partial charge in [0.25, 0.3) is 0 Å². The van der Waals surface area contributed by atoms with Crippen LogP contribution in [0.1, 0.15) is 72.9 Å². The van der Waals surface area contributed by atoms with Crippen LogP contribution in [0.4, 0.5) is 4.79 Å². The zero-order chi connectivity index (χ0) is 53.2. The van der Waals surface area contributed by atoms with Crippen molar-refractivity contribution in [1.29, 1.82) is 0 Å². The lowest BCUT2D eigenvalue weighted by atomic mass is 9.87. The van der Waals surface area contributed by atoms with Gasteiger partial charge in [-0.05, 0) is 145 Å². The third-order valence-corrected chi connectivity index (χ3v) is 16.1. The molecule has 0 atom stereocenters. The topological polar surface area (TPSA) is 151 Å². The number of tetrazole rings is 1. The normalized spacial score (nSPS) is 14.6. The predicted molar refractivity (Wildman–Crippen MR) is 293 cm³/mol. The van der Waals surface area contributed by atoms with Gasteiger partial charge in [0, 0.05) is 38.6 Å². The van der Waals surface area contributed by atoms with E-state index in [2.05, 4.69) is 34.4 Å². The molecule has 0 bridgehead atoms. The second kappa shape index (κ2) is 24.3. The molecule has 1 amide bonds. The van der Waals surface area contributed by atoms with Gasteiger partial charge in [-0.2, -0.15) is 9.10 Å². The number of carbonyl (C=O) groups is 1. The largest absolute Gasteiger partial charge is 0.497 e. The van der Waals surface area contributed by atoms with Crippen molar-refractivity contribution < 1.29 is 36.9 Å². The van der Waals surface area contributed by atoms with Crippen LogP contribution >= 0.6 is 0 Å². The summed E-state index contributed by atoms with van der Waals surface area (Å²) in [4.78, 5) is 18.7. The molecular formula is C60H69N7O8S. The molecule has 0 spiro atoms. The number of amides is 1. The number of hydrogen-bond acceptors (Lipinski definition) is 12. The number of ether oxygens (including phenoxy) is 5. The Kier molecular flexibility index (Phi) is 17.1. The standard InChI is InChI=1S/C60H69N7O8S/c1-60(2,3)75-59(68)65-40-51(41-65)48-18-20-49(21-19-48)55-29-22-50(36-43-30-32-64(33-31-43)34-35-74-42-47-10-8-7-9-11-47)57(56(55)58-61-63-67(62-58)39-46-16-27-54(73-6)28-17-46)76(69,70)66(37-44-12-23-52(71-4)24-13-44)38-45-14-25-53(72-5)26-15-45/h7-29,43,51H,30-42H2,1-6H3. The number of benzene rings is 6. The van der Waals surface area contributed by atoms with Crippen LogP contribution < -0.4 is 14.2 Å². The lowest BCUT2D eigenvalue weighted by molar-refractivity contribution is 0.00818. The maximum Gasteiger partial charge on any atom is 0.410 e. The summed E-state index contributed by atoms with van der Waals surface area (Å²) in [5.41, 5.74) is 6.65. The van der Waals surface area contributed by atoms with Gasteiger partial charge in [-0.3, -0.25) is 0 Å². The summed E-state index contributed by atoms with van der Waals surface area (Å²) in [5.74, 6) is 2.58. The van der Waals surface area contributed by atoms with Crippen molar-refractivity contribution in [3.8, 4) is 39.8 Å². The SMILES string of the molecule is COc1ccc(CN(Cc2ccc(OC)cc2)S(=O)(=O)c2c(CC3CCN(CCOCc4ccccc4)CC3)ccc(-c3ccc(C4CN(C(=O)OC(C)(C)C)C4)cc3)c2-c2nnn(Cc3ccc(OC)cc3)n2)cc1. The number of hydrogen-bond donors (Lipinski definition) is 0. The molecule has 0 unspecified atom stereocenters. The van der Waals surface area contributed by atoms with Crippen LogP contribution in [0.2, 0.25) is 0 Å². The highest BCUT2D eigenvalue weighted by Gasteiger charge is 2.37. The molecule has 16 heteroatoms. The van der Waals surface area contributed by atoms with Crippen molar-refractivity contribution >= 4 is 16.1 Å². The van der Waals surface area contributed by atoms with Crippen LogP contribution in [0.25, 0.3) is 22.5 Å². The number of rotatable bonds is 21. The van der Waals surface area contributed by atoms with Crippen LogP contribution in [-0.2, 0) is 52.2 Å². The molecule has 3 heterocycles. The average molecular weight is 1050 g/mol. The third kappa shape index (κ3) is 13.5. The van der Waals surface area contributed by atoms with E-state index in [1.54, 1.807) is 30.5 Å². The Labute approximate surface area is 447 Å². The van der Waals surface area contributed by atoms with E-state index in [1.165, 1.54) is 4.80 Å². The van der Waals surface area contributed by atoms with Crippen molar-refractivity contribution in [2.45, 2.75) is 82.7 Å². The van der Waals surface area contributed by atoms with Crippen LogP contribution in [-0.4, -0.2) is 115 Å². The number of nitrogens with zero attached hydrogens (tertiary/aromatic N) is 7. The Morgan fingerprint density at radius 1 is 0.697 bits per heavy atom. The smallest absolute Gasteiger partial charge is 0.410 e. The van der Waals surface area contributed by atoms with E-state index in [9.17, 15) is 4.79 Å². The average Bonchev–Trinajstić information content (AvgIpc) is 3.89. The van der Waals surface area contributed by atoms with E-state index in [0.717, 1.165) is 71.6 Å². The molecule has 2 fully saturated rings. The van der Waals surface area contributed by atoms with Gasteiger partial charge in [0.1, 0.15) is 22.8 Å². The van der Waals surface area contributed by atoms with Crippen LogP contribution in [0, 0.1) is 5.92 Å². The minimum Gasteiger partial charge on any atom is -0.497 e. The molecule has 2 saturated heterocycles. The van der Waals surface area contributed by atoms with Crippen molar-refractivity contribution in [2.24, 2.45) is 5.92 Å². The van der Waals surface area contributed by atoms with E-state index in [-0.39, 0.29) is 41.7 Å². The molecule has 6 aromatic carbocycles. The van der Waals surface area contributed by atoms with Crippen molar-refractivity contribution in [1.82, 2.24) is 34.3 Å². The highest BCUT2D eigenvalue weighted by Crippen LogP contribution is 2.42. The molecule has 0 saturated carbocycles. The summed E-state index contributed by atoms with van der Waals surface area (Å²) >= 11 is 0. The Balaban J connectivity index is 1.11. The lowest BCUT2D eigenvalue weighted by Crippen LogP contribution is -2.50. The summed E-state index contributed by atoms with van der Waals surface area (Å²) in [6.45, 7) is 10.9. The summed E-state index contributed by atoms with van der Waals surface area (Å²) < 4.78 is 62.4. The maximum atomic E-state index is 16.4. The molecule has 398 valence electrons. The third-order valence-electron chi connectivity index (χ3n) is 14.1. The first-order valence-corrected chi connectivity index (χ1v) is 27.4. The van der Waals surface area contributed by atoms with Gasteiger partial charge in [0.05, 0.1) is 51.5 Å². The fraction of sp³-hybridized carbons (Fsp3) is 0.367. The molecule has 0 aliphatic carbocycles. The van der Waals surface area contributed by atoms with Gasteiger partial charge < -0.3 is 33.5 Å². The fourth-order valence-electron chi connectivity index (χ4n) is 9.86. The molecule has 9 rings (SSSR count).